The van der Waals surface area contributed by atoms with Crippen LogP contribution >= 0.6 is 11.3 Å². The van der Waals surface area contributed by atoms with E-state index in [4.69, 9.17) is 4.74 Å². The number of aromatic nitrogens is 2. The lowest BCUT2D eigenvalue weighted by molar-refractivity contribution is 0.0938. The minimum absolute atomic E-state index is 0.121. The Hall–Kier alpha value is -2.32. The highest BCUT2D eigenvalue weighted by molar-refractivity contribution is 7.13. The van der Waals surface area contributed by atoms with Gasteiger partial charge in [0.05, 0.1) is 6.61 Å². The normalized spacial score (nSPS) is 11.8. The van der Waals surface area contributed by atoms with Crippen molar-refractivity contribution >= 4 is 28.8 Å². The molecule has 0 aliphatic carbocycles. The van der Waals surface area contributed by atoms with Crippen LogP contribution in [0.3, 0.4) is 0 Å². The van der Waals surface area contributed by atoms with E-state index in [9.17, 15) is 9.59 Å². The van der Waals surface area contributed by atoms with Gasteiger partial charge >= 0.3 is 0 Å². The first-order valence-electron chi connectivity index (χ1n) is 7.57. The zero-order valence-electron chi connectivity index (χ0n) is 13.8. The minimum Gasteiger partial charge on any atom is -0.377 e. The minimum atomic E-state index is -0.341. The first-order chi connectivity index (χ1) is 11.5. The average molecular weight is 348 g/mol. The van der Waals surface area contributed by atoms with Crippen LogP contribution in [-0.2, 0) is 11.3 Å². The molecule has 7 nitrogen and oxygen atoms in total. The van der Waals surface area contributed by atoms with Crippen molar-refractivity contribution in [3.63, 3.8) is 0 Å². The molecule has 1 heterocycles. The summed E-state index contributed by atoms with van der Waals surface area (Å²) in [4.78, 5) is 24.1. The van der Waals surface area contributed by atoms with Gasteiger partial charge in [0.25, 0.3) is 11.8 Å². The molecule has 0 aliphatic heterocycles. The van der Waals surface area contributed by atoms with E-state index < -0.39 is 0 Å². The Morgan fingerprint density at radius 2 is 1.92 bits per heavy atom. The van der Waals surface area contributed by atoms with E-state index in [0.717, 1.165) is 6.42 Å². The standard InChI is InChI=1S/C16H20N4O3S/c1-4-10(2)17-14(21)11-5-7-12(8-6-11)18-15(22)16-20-19-13(24-16)9-23-3/h5-8,10H,4,9H2,1-3H3,(H,17,21)(H,18,22). The smallest absolute Gasteiger partial charge is 0.286 e. The second-order valence-corrected chi connectivity index (χ2v) is 6.31. The SMILES string of the molecule is CCC(C)NC(=O)c1ccc(NC(=O)c2nnc(COC)s2)cc1. The molecule has 2 N–H and O–H groups in total. The number of benzene rings is 1. The van der Waals surface area contributed by atoms with E-state index in [1.807, 2.05) is 13.8 Å². The molecule has 0 spiro atoms. The number of amides is 2. The van der Waals surface area contributed by atoms with Gasteiger partial charge in [-0.3, -0.25) is 9.59 Å². The van der Waals surface area contributed by atoms with E-state index in [-0.39, 0.29) is 22.9 Å². The lowest BCUT2D eigenvalue weighted by Gasteiger charge is -2.11. The summed E-state index contributed by atoms with van der Waals surface area (Å²) >= 11 is 1.18. The van der Waals surface area contributed by atoms with Crippen molar-refractivity contribution in [2.45, 2.75) is 32.9 Å². The van der Waals surface area contributed by atoms with Crippen molar-refractivity contribution in [3.8, 4) is 0 Å². The van der Waals surface area contributed by atoms with Crippen LogP contribution in [-0.4, -0.2) is 35.2 Å². The summed E-state index contributed by atoms with van der Waals surface area (Å²) < 4.78 is 4.95. The summed E-state index contributed by atoms with van der Waals surface area (Å²) in [6.45, 7) is 4.28. The number of hydrogen-bond acceptors (Lipinski definition) is 6. The highest BCUT2D eigenvalue weighted by Gasteiger charge is 2.14. The number of ether oxygens (including phenoxy) is 1. The van der Waals surface area contributed by atoms with Gasteiger partial charge in [0.2, 0.25) is 5.01 Å². The van der Waals surface area contributed by atoms with Crippen LogP contribution in [0.5, 0.6) is 0 Å². The highest BCUT2D eigenvalue weighted by Crippen LogP contribution is 2.15. The molecule has 1 atom stereocenters. The zero-order chi connectivity index (χ0) is 17.5. The molecule has 2 amide bonds. The first kappa shape index (κ1) is 18.0. The number of carbonyl (C=O) groups excluding carboxylic acids is 2. The van der Waals surface area contributed by atoms with Gasteiger partial charge in [0.1, 0.15) is 5.01 Å². The maximum Gasteiger partial charge on any atom is 0.286 e. The Morgan fingerprint density at radius 1 is 1.21 bits per heavy atom. The van der Waals surface area contributed by atoms with Crippen molar-refractivity contribution in [2.24, 2.45) is 0 Å². The molecule has 0 fully saturated rings. The monoisotopic (exact) mass is 348 g/mol. The maximum absolute atomic E-state index is 12.1. The number of carbonyl (C=O) groups is 2. The van der Waals surface area contributed by atoms with Crippen LogP contribution in [0.2, 0.25) is 0 Å². The molecule has 2 aromatic rings. The number of rotatable bonds is 7. The van der Waals surface area contributed by atoms with Gasteiger partial charge in [-0.05, 0) is 37.6 Å². The lowest BCUT2D eigenvalue weighted by Crippen LogP contribution is -2.31. The number of anilines is 1. The number of nitrogens with zero attached hydrogens (tertiary/aromatic N) is 2. The van der Waals surface area contributed by atoms with Crippen molar-refractivity contribution in [2.75, 3.05) is 12.4 Å². The second kappa shape index (κ2) is 8.51. The fourth-order valence-electron chi connectivity index (χ4n) is 1.83. The summed E-state index contributed by atoms with van der Waals surface area (Å²) in [5, 5.41) is 14.2. The Kier molecular flexibility index (Phi) is 6.39. The first-order valence-corrected chi connectivity index (χ1v) is 8.38. The van der Waals surface area contributed by atoms with E-state index in [1.54, 1.807) is 31.4 Å². The van der Waals surface area contributed by atoms with Gasteiger partial charge in [0, 0.05) is 24.4 Å². The third-order valence-corrected chi connectivity index (χ3v) is 4.22. The fourth-order valence-corrected chi connectivity index (χ4v) is 2.53. The molecule has 128 valence electrons. The van der Waals surface area contributed by atoms with E-state index in [1.165, 1.54) is 11.3 Å². The lowest BCUT2D eigenvalue weighted by atomic mass is 10.1. The molecule has 1 aromatic heterocycles. The number of nitrogens with one attached hydrogen (secondary N) is 2. The highest BCUT2D eigenvalue weighted by atomic mass is 32.1. The van der Waals surface area contributed by atoms with Crippen molar-refractivity contribution in [1.29, 1.82) is 0 Å². The Morgan fingerprint density at radius 3 is 2.54 bits per heavy atom. The number of methoxy groups -OCH3 is 1. The molecule has 0 radical (unpaired) electrons. The van der Waals surface area contributed by atoms with E-state index in [2.05, 4.69) is 20.8 Å². The van der Waals surface area contributed by atoms with Crippen LogP contribution in [0.4, 0.5) is 5.69 Å². The van der Waals surface area contributed by atoms with Gasteiger partial charge in [-0.25, -0.2) is 0 Å². The largest absolute Gasteiger partial charge is 0.377 e. The Labute approximate surface area is 144 Å². The molecule has 0 saturated heterocycles. The number of hydrogen-bond donors (Lipinski definition) is 2. The molecule has 24 heavy (non-hydrogen) atoms. The molecule has 8 heteroatoms. The van der Waals surface area contributed by atoms with Gasteiger partial charge in [-0.1, -0.05) is 18.3 Å². The van der Waals surface area contributed by atoms with Crippen molar-refractivity contribution in [1.82, 2.24) is 15.5 Å². The third-order valence-electron chi connectivity index (χ3n) is 3.32. The summed E-state index contributed by atoms with van der Waals surface area (Å²) in [7, 11) is 1.56. The van der Waals surface area contributed by atoms with Gasteiger partial charge in [0.15, 0.2) is 0 Å². The molecule has 1 unspecified atom stereocenters. The van der Waals surface area contributed by atoms with Gasteiger partial charge in [-0.15, -0.1) is 10.2 Å². The van der Waals surface area contributed by atoms with E-state index >= 15 is 0 Å². The molecule has 2 rings (SSSR count). The quantitative estimate of drug-likeness (QED) is 0.802. The molecular formula is C16H20N4O3S. The predicted molar refractivity (Wildman–Crippen MR) is 92.2 cm³/mol. The predicted octanol–water partition coefficient (Wildman–Crippen LogP) is 2.47. The third kappa shape index (κ3) is 4.84. The van der Waals surface area contributed by atoms with Crippen LogP contribution in [0, 0.1) is 0 Å². The van der Waals surface area contributed by atoms with Crippen molar-refractivity contribution < 1.29 is 14.3 Å². The zero-order valence-corrected chi connectivity index (χ0v) is 14.6. The second-order valence-electron chi connectivity index (χ2n) is 5.25. The summed E-state index contributed by atoms with van der Waals surface area (Å²) in [6, 6.07) is 6.82. The van der Waals surface area contributed by atoms with Crippen LogP contribution in [0.1, 0.15) is 45.4 Å². The fraction of sp³-hybridized carbons (Fsp3) is 0.375. The average Bonchev–Trinajstić information content (AvgIpc) is 3.04. The van der Waals surface area contributed by atoms with E-state index in [0.29, 0.717) is 22.9 Å². The topological polar surface area (TPSA) is 93.2 Å². The Balaban J connectivity index is 1.97. The summed E-state index contributed by atoms with van der Waals surface area (Å²) in [5.41, 5.74) is 1.13. The van der Waals surface area contributed by atoms with Crippen LogP contribution in [0.25, 0.3) is 0 Å². The van der Waals surface area contributed by atoms with Crippen molar-refractivity contribution in [3.05, 3.63) is 39.8 Å². The maximum atomic E-state index is 12.1. The molecular weight excluding hydrogens is 328 g/mol. The molecule has 0 aliphatic rings. The molecule has 0 bridgehead atoms. The molecule has 0 saturated carbocycles. The van der Waals surface area contributed by atoms with Gasteiger partial charge < -0.3 is 15.4 Å². The summed E-state index contributed by atoms with van der Waals surface area (Å²) in [6.07, 6.45) is 0.868. The molecule has 1 aromatic carbocycles. The van der Waals surface area contributed by atoms with Gasteiger partial charge in [-0.2, -0.15) is 0 Å². The Bertz CT molecular complexity index is 700. The summed E-state index contributed by atoms with van der Waals surface area (Å²) in [5.74, 6) is -0.470. The van der Waals surface area contributed by atoms with Crippen LogP contribution < -0.4 is 10.6 Å². The van der Waals surface area contributed by atoms with Crippen LogP contribution in [0.15, 0.2) is 24.3 Å².